The van der Waals surface area contributed by atoms with Crippen molar-refractivity contribution in [2.45, 2.75) is 38.4 Å². The summed E-state index contributed by atoms with van der Waals surface area (Å²) in [6.45, 7) is 3.10. The fourth-order valence-electron chi connectivity index (χ4n) is 2.88. The van der Waals surface area contributed by atoms with Gasteiger partial charge in [-0.15, -0.1) is 12.4 Å². The Labute approximate surface area is 167 Å². The van der Waals surface area contributed by atoms with E-state index in [0.717, 1.165) is 0 Å². The molecule has 0 aliphatic carbocycles. The van der Waals surface area contributed by atoms with Gasteiger partial charge in [0.15, 0.2) is 0 Å². The van der Waals surface area contributed by atoms with Gasteiger partial charge in [0.25, 0.3) is 0 Å². The Morgan fingerprint density at radius 3 is 2.36 bits per heavy atom. The molecule has 0 radical (unpaired) electrons. The van der Waals surface area contributed by atoms with Crippen molar-refractivity contribution in [3.05, 3.63) is 20.9 Å². The van der Waals surface area contributed by atoms with Gasteiger partial charge in [0.2, 0.25) is 11.8 Å². The summed E-state index contributed by atoms with van der Waals surface area (Å²) in [6, 6.07) is -1.91. The summed E-state index contributed by atoms with van der Waals surface area (Å²) < 4.78 is 0. The van der Waals surface area contributed by atoms with Gasteiger partial charge >= 0.3 is 5.97 Å². The van der Waals surface area contributed by atoms with E-state index in [0.29, 0.717) is 6.42 Å². The molecule has 0 bridgehead atoms. The zero-order valence-corrected chi connectivity index (χ0v) is 16.3. The molecule has 0 aromatic heterocycles. The Hall–Kier alpha value is -2.72. The van der Waals surface area contributed by atoms with Crippen molar-refractivity contribution in [1.29, 1.82) is 0 Å². The van der Waals surface area contributed by atoms with Crippen LogP contribution in [0.1, 0.15) is 20.3 Å². The summed E-state index contributed by atoms with van der Waals surface area (Å²) in [5.74, 6) is -2.87. The second-order valence-electron chi connectivity index (χ2n) is 6.51. The Balaban J connectivity index is 0.00000729. The first kappa shape index (κ1) is 25.3. The minimum atomic E-state index is -1.19. The summed E-state index contributed by atoms with van der Waals surface area (Å²) in [4.78, 5) is 40.9. The monoisotopic (exact) mass is 417 g/mol. The van der Waals surface area contributed by atoms with Crippen LogP contribution in [-0.4, -0.2) is 60.6 Å². The van der Waals surface area contributed by atoms with Gasteiger partial charge < -0.3 is 21.1 Å². The van der Waals surface area contributed by atoms with Gasteiger partial charge in [-0.3, -0.25) is 14.4 Å². The van der Waals surface area contributed by atoms with Crippen molar-refractivity contribution in [1.82, 2.24) is 16.0 Å². The third kappa shape index (κ3) is 7.89. The number of carbonyl (C=O) groups excluding carboxylic acids is 2. The van der Waals surface area contributed by atoms with Gasteiger partial charge in [0.05, 0.1) is 6.04 Å². The summed E-state index contributed by atoms with van der Waals surface area (Å²) in [5, 5.41) is 23.6. The first-order chi connectivity index (χ1) is 12.8. The predicted molar refractivity (Wildman–Crippen MR) is 102 cm³/mol. The molecule has 1 aliphatic rings. The molecule has 1 fully saturated rings. The normalized spacial score (nSPS) is 21.5. The fraction of sp³-hybridized carbons (Fsp3) is 0.786. The van der Waals surface area contributed by atoms with Crippen LogP contribution in [-0.2, 0) is 14.4 Å². The van der Waals surface area contributed by atoms with Crippen LogP contribution < -0.4 is 16.0 Å². The highest BCUT2D eigenvalue weighted by molar-refractivity contribution is 5.91. The number of nitrogens with one attached hydrogen (secondary N) is 3. The van der Waals surface area contributed by atoms with Gasteiger partial charge in [0.1, 0.15) is 12.6 Å². The van der Waals surface area contributed by atoms with Crippen LogP contribution in [0, 0.1) is 11.8 Å². The van der Waals surface area contributed by atoms with Crippen LogP contribution in [0.25, 0.3) is 20.9 Å². The number of hydrogen-bond donors (Lipinski definition) is 4. The van der Waals surface area contributed by atoms with Crippen LogP contribution in [0.4, 0.5) is 0 Å². The molecule has 2 amide bonds. The number of carbonyl (C=O) groups is 3. The quantitative estimate of drug-likeness (QED) is 0.229. The van der Waals surface area contributed by atoms with E-state index in [9.17, 15) is 14.4 Å². The molecular formula is C14H24ClN9O4. The fourth-order valence-corrected chi connectivity index (χ4v) is 2.88. The lowest BCUT2D eigenvalue weighted by Gasteiger charge is -2.25. The van der Waals surface area contributed by atoms with Crippen LogP contribution in [0.3, 0.4) is 0 Å². The molecule has 0 aromatic rings. The maximum atomic E-state index is 12.7. The van der Waals surface area contributed by atoms with Crippen molar-refractivity contribution < 1.29 is 19.5 Å². The minimum absolute atomic E-state index is 0. The molecule has 1 heterocycles. The lowest BCUT2D eigenvalue weighted by atomic mass is 9.97. The third-order valence-electron chi connectivity index (χ3n) is 4.16. The maximum absolute atomic E-state index is 12.7. The number of halogens is 1. The maximum Gasteiger partial charge on any atom is 0.322 e. The van der Waals surface area contributed by atoms with E-state index in [2.05, 4.69) is 36.0 Å². The average Bonchev–Trinajstić information content (AvgIpc) is 3.03. The zero-order chi connectivity index (χ0) is 20.4. The molecule has 156 valence electrons. The molecule has 1 aliphatic heterocycles. The van der Waals surface area contributed by atoms with Crippen molar-refractivity contribution in [2.24, 2.45) is 22.1 Å². The van der Waals surface area contributed by atoms with Crippen LogP contribution in [0.5, 0.6) is 0 Å². The number of nitrogens with zero attached hydrogens (tertiary/aromatic N) is 6. The number of carboxylic acid groups (broad SMARTS) is 1. The van der Waals surface area contributed by atoms with Gasteiger partial charge in [0, 0.05) is 29.0 Å². The highest BCUT2D eigenvalue weighted by atomic mass is 35.5. The molecule has 28 heavy (non-hydrogen) atoms. The number of rotatable bonds is 10. The Kier molecular flexibility index (Phi) is 11.4. The van der Waals surface area contributed by atoms with Crippen molar-refractivity contribution in [3.8, 4) is 0 Å². The minimum Gasteiger partial charge on any atom is -0.480 e. The highest BCUT2D eigenvalue weighted by Crippen LogP contribution is 2.22. The third-order valence-corrected chi connectivity index (χ3v) is 4.16. The summed E-state index contributed by atoms with van der Waals surface area (Å²) in [5.41, 5.74) is 17.0. The zero-order valence-electron chi connectivity index (χ0n) is 15.5. The number of hydrogen-bond acceptors (Lipinski definition) is 6. The Bertz CT molecular complexity index is 661. The average molecular weight is 418 g/mol. The first-order valence-electron chi connectivity index (χ1n) is 8.37. The van der Waals surface area contributed by atoms with Crippen molar-refractivity contribution in [2.75, 3.05) is 19.6 Å². The molecular weight excluding hydrogens is 394 g/mol. The lowest BCUT2D eigenvalue weighted by molar-refractivity contribution is -0.138. The standard InChI is InChI=1S/C14H23N9O4.ClH/c1-7(2)11(13(26)17-6-10(24)25)21-14(27)12-8(4-18-22-15)3-9(20-12)5-19-23-16;/h7-9,11-12,20H,3-6H2,1-2H3,(H,17,26)(H,21,27)(H,24,25);1H/t8-,9+,11-,12+;/m0./s1. The van der Waals surface area contributed by atoms with Gasteiger partial charge in [-0.1, -0.05) is 24.1 Å². The van der Waals surface area contributed by atoms with E-state index >= 15 is 0 Å². The predicted octanol–water partition coefficient (Wildman–Crippen LogP) is 0.717. The number of amides is 2. The molecule has 13 nitrogen and oxygen atoms in total. The van der Waals surface area contributed by atoms with Crippen LogP contribution >= 0.6 is 12.4 Å². The summed E-state index contributed by atoms with van der Waals surface area (Å²) in [6.07, 6.45) is 0.466. The van der Waals surface area contributed by atoms with Crippen molar-refractivity contribution in [3.63, 3.8) is 0 Å². The number of azide groups is 2. The molecule has 0 aromatic carbocycles. The number of aliphatic carboxylic acids is 1. The van der Waals surface area contributed by atoms with E-state index in [1.54, 1.807) is 13.8 Å². The smallest absolute Gasteiger partial charge is 0.322 e. The molecule has 1 rings (SSSR count). The molecule has 0 spiro atoms. The van der Waals surface area contributed by atoms with Crippen LogP contribution in [0.15, 0.2) is 10.2 Å². The number of carboxylic acids is 1. The molecule has 1 saturated heterocycles. The van der Waals surface area contributed by atoms with Gasteiger partial charge in [-0.05, 0) is 29.3 Å². The van der Waals surface area contributed by atoms with Gasteiger partial charge in [-0.2, -0.15) is 0 Å². The molecule has 14 heteroatoms. The highest BCUT2D eigenvalue weighted by Gasteiger charge is 2.39. The SMILES string of the molecule is CC(C)[C@H](NC(=O)[C@@H]1N[C@@H](CN=[N+]=[N-])C[C@H]1CN=[N+]=[N-])C(=O)NCC(=O)O.Cl. The summed E-state index contributed by atoms with van der Waals surface area (Å²) >= 11 is 0. The second kappa shape index (κ2) is 12.6. The van der Waals surface area contributed by atoms with E-state index in [1.807, 2.05) is 0 Å². The largest absolute Gasteiger partial charge is 0.480 e. The topological polar surface area (TPSA) is 205 Å². The molecule has 4 atom stereocenters. The molecule has 4 N–H and O–H groups in total. The molecule has 0 unspecified atom stereocenters. The van der Waals surface area contributed by atoms with E-state index < -0.39 is 36.4 Å². The van der Waals surface area contributed by atoms with Gasteiger partial charge in [-0.25, -0.2) is 0 Å². The Morgan fingerprint density at radius 2 is 1.82 bits per heavy atom. The van der Waals surface area contributed by atoms with Crippen LogP contribution in [0.2, 0.25) is 0 Å². The molecule has 0 saturated carbocycles. The van der Waals surface area contributed by atoms with Crippen molar-refractivity contribution >= 4 is 30.2 Å². The lowest BCUT2D eigenvalue weighted by Crippen LogP contribution is -2.55. The first-order valence-corrected chi connectivity index (χ1v) is 8.37. The van der Waals surface area contributed by atoms with E-state index in [4.69, 9.17) is 16.2 Å². The summed E-state index contributed by atoms with van der Waals surface area (Å²) in [7, 11) is 0. The van der Waals surface area contributed by atoms with E-state index in [-0.39, 0.29) is 43.4 Å². The van der Waals surface area contributed by atoms with E-state index in [1.165, 1.54) is 0 Å². The second-order valence-corrected chi connectivity index (χ2v) is 6.51. The Morgan fingerprint density at radius 1 is 1.21 bits per heavy atom.